The summed E-state index contributed by atoms with van der Waals surface area (Å²) in [6.07, 6.45) is 4.03. The summed E-state index contributed by atoms with van der Waals surface area (Å²) in [4.78, 5) is 2.15. The van der Waals surface area contributed by atoms with Gasteiger partial charge in [-0.25, -0.2) is 0 Å². The smallest absolute Gasteiger partial charge is 0.115 e. The van der Waals surface area contributed by atoms with Crippen LogP contribution in [-0.2, 0) is 0 Å². The molecule has 1 saturated carbocycles. The van der Waals surface area contributed by atoms with E-state index in [0.717, 1.165) is 24.8 Å². The standard InChI is InChI=1S/C15H23NO2/c1-16(2)15(11-6-5-7-12(17)10-11)13-8-3-4-9-14(13)18/h5-7,10,13-15,17-18H,3-4,8-9H2,1-2H3/t13-,14-,15?/m0/s1. The van der Waals surface area contributed by atoms with E-state index in [1.165, 1.54) is 6.42 Å². The molecule has 100 valence electrons. The third-order valence-electron chi connectivity index (χ3n) is 3.96. The summed E-state index contributed by atoms with van der Waals surface area (Å²) in [7, 11) is 4.08. The number of phenols is 1. The fraction of sp³-hybridized carbons (Fsp3) is 0.600. The van der Waals surface area contributed by atoms with Crippen molar-refractivity contribution in [2.45, 2.75) is 37.8 Å². The molecule has 0 bridgehead atoms. The maximum Gasteiger partial charge on any atom is 0.115 e. The molecule has 2 rings (SSSR count). The average molecular weight is 249 g/mol. The van der Waals surface area contributed by atoms with Gasteiger partial charge in [-0.05, 0) is 44.6 Å². The van der Waals surface area contributed by atoms with Gasteiger partial charge in [0.25, 0.3) is 0 Å². The Morgan fingerprint density at radius 2 is 1.94 bits per heavy atom. The number of aliphatic hydroxyl groups is 1. The molecule has 1 aliphatic rings. The van der Waals surface area contributed by atoms with Crippen molar-refractivity contribution in [2.75, 3.05) is 14.1 Å². The van der Waals surface area contributed by atoms with Crippen LogP contribution in [0.1, 0.15) is 37.3 Å². The normalized spacial score (nSPS) is 26.2. The van der Waals surface area contributed by atoms with Crippen LogP contribution in [0, 0.1) is 5.92 Å². The monoisotopic (exact) mass is 249 g/mol. The zero-order valence-corrected chi connectivity index (χ0v) is 11.2. The van der Waals surface area contributed by atoms with Crippen molar-refractivity contribution in [3.8, 4) is 5.75 Å². The second-order valence-corrected chi connectivity index (χ2v) is 5.52. The van der Waals surface area contributed by atoms with Crippen LogP contribution >= 0.6 is 0 Å². The van der Waals surface area contributed by atoms with Gasteiger partial charge in [0.1, 0.15) is 5.75 Å². The number of aromatic hydroxyl groups is 1. The van der Waals surface area contributed by atoms with Crippen LogP contribution in [-0.4, -0.2) is 35.3 Å². The molecule has 0 amide bonds. The van der Waals surface area contributed by atoms with Crippen molar-refractivity contribution in [3.05, 3.63) is 29.8 Å². The van der Waals surface area contributed by atoms with Crippen LogP contribution in [0.3, 0.4) is 0 Å². The Morgan fingerprint density at radius 3 is 2.56 bits per heavy atom. The van der Waals surface area contributed by atoms with Gasteiger partial charge in [0.15, 0.2) is 0 Å². The van der Waals surface area contributed by atoms with Crippen LogP contribution in [0.4, 0.5) is 0 Å². The first kappa shape index (κ1) is 13.4. The van der Waals surface area contributed by atoms with Gasteiger partial charge in [0.05, 0.1) is 6.10 Å². The lowest BCUT2D eigenvalue weighted by molar-refractivity contribution is 0.0220. The Bertz CT molecular complexity index is 392. The maximum atomic E-state index is 10.2. The molecule has 3 heteroatoms. The Hall–Kier alpha value is -1.06. The van der Waals surface area contributed by atoms with Crippen LogP contribution in [0.25, 0.3) is 0 Å². The number of phenolic OH excluding ortho intramolecular Hbond substituents is 1. The quantitative estimate of drug-likeness (QED) is 0.865. The van der Waals surface area contributed by atoms with Gasteiger partial charge in [-0.2, -0.15) is 0 Å². The minimum atomic E-state index is -0.228. The van der Waals surface area contributed by atoms with E-state index in [2.05, 4.69) is 4.90 Å². The van der Waals surface area contributed by atoms with Gasteiger partial charge in [-0.1, -0.05) is 25.0 Å². The summed E-state index contributed by atoms with van der Waals surface area (Å²) in [6.45, 7) is 0. The van der Waals surface area contributed by atoms with Crippen molar-refractivity contribution in [3.63, 3.8) is 0 Å². The molecule has 3 nitrogen and oxygen atoms in total. The van der Waals surface area contributed by atoms with E-state index in [1.807, 2.05) is 32.3 Å². The lowest BCUT2D eigenvalue weighted by atomic mass is 9.78. The van der Waals surface area contributed by atoms with E-state index in [-0.39, 0.29) is 18.1 Å². The predicted octanol–water partition coefficient (Wildman–Crippen LogP) is 2.55. The SMILES string of the molecule is CN(C)C(c1cccc(O)c1)[C@H]1CCCC[C@@H]1O. The summed E-state index contributed by atoms with van der Waals surface area (Å²) in [6, 6.07) is 7.58. The summed E-state index contributed by atoms with van der Waals surface area (Å²) < 4.78 is 0. The van der Waals surface area contributed by atoms with Crippen molar-refractivity contribution >= 4 is 0 Å². The van der Waals surface area contributed by atoms with E-state index >= 15 is 0 Å². The Morgan fingerprint density at radius 1 is 1.22 bits per heavy atom. The highest BCUT2D eigenvalue weighted by Crippen LogP contribution is 2.38. The largest absolute Gasteiger partial charge is 0.508 e. The van der Waals surface area contributed by atoms with Gasteiger partial charge in [-0.3, -0.25) is 0 Å². The molecule has 3 atom stereocenters. The molecule has 1 aromatic carbocycles. The third-order valence-corrected chi connectivity index (χ3v) is 3.96. The van der Waals surface area contributed by atoms with Gasteiger partial charge in [0.2, 0.25) is 0 Å². The molecule has 18 heavy (non-hydrogen) atoms. The minimum absolute atomic E-state index is 0.174. The number of hydrogen-bond acceptors (Lipinski definition) is 3. The lowest BCUT2D eigenvalue weighted by Gasteiger charge is -2.38. The number of aliphatic hydroxyl groups excluding tert-OH is 1. The Balaban J connectivity index is 2.27. The average Bonchev–Trinajstić information content (AvgIpc) is 2.32. The molecule has 0 radical (unpaired) electrons. The zero-order valence-electron chi connectivity index (χ0n) is 11.2. The zero-order chi connectivity index (χ0) is 13.1. The molecule has 2 N–H and O–H groups in total. The van der Waals surface area contributed by atoms with Gasteiger partial charge < -0.3 is 15.1 Å². The molecule has 1 fully saturated rings. The highest BCUT2D eigenvalue weighted by atomic mass is 16.3. The van der Waals surface area contributed by atoms with Gasteiger partial charge >= 0.3 is 0 Å². The molecule has 1 aliphatic carbocycles. The van der Waals surface area contributed by atoms with E-state index < -0.39 is 0 Å². The third kappa shape index (κ3) is 2.85. The van der Waals surface area contributed by atoms with Crippen molar-refractivity contribution in [1.82, 2.24) is 4.90 Å². The second kappa shape index (κ2) is 5.72. The van der Waals surface area contributed by atoms with Crippen LogP contribution in [0.15, 0.2) is 24.3 Å². The summed E-state index contributed by atoms with van der Waals surface area (Å²) in [5.41, 5.74) is 1.09. The molecule has 1 unspecified atom stereocenters. The molecule has 0 aromatic heterocycles. The first-order valence-corrected chi connectivity index (χ1v) is 6.73. The van der Waals surface area contributed by atoms with E-state index in [0.29, 0.717) is 5.75 Å². The molecule has 0 saturated heterocycles. The molecule has 0 aliphatic heterocycles. The number of hydrogen-bond donors (Lipinski definition) is 2. The molecule has 0 spiro atoms. The highest BCUT2D eigenvalue weighted by Gasteiger charge is 2.32. The number of benzene rings is 1. The van der Waals surface area contributed by atoms with Crippen molar-refractivity contribution in [1.29, 1.82) is 0 Å². The van der Waals surface area contributed by atoms with E-state index in [4.69, 9.17) is 0 Å². The van der Waals surface area contributed by atoms with Crippen LogP contribution in [0.5, 0.6) is 5.75 Å². The van der Waals surface area contributed by atoms with Gasteiger partial charge in [-0.15, -0.1) is 0 Å². The second-order valence-electron chi connectivity index (χ2n) is 5.52. The van der Waals surface area contributed by atoms with Crippen molar-refractivity contribution < 1.29 is 10.2 Å². The highest BCUT2D eigenvalue weighted by molar-refractivity contribution is 5.30. The first-order valence-electron chi connectivity index (χ1n) is 6.73. The van der Waals surface area contributed by atoms with Crippen LogP contribution in [0.2, 0.25) is 0 Å². The maximum absolute atomic E-state index is 10.2. The summed E-state index contributed by atoms with van der Waals surface area (Å²) >= 11 is 0. The molecular formula is C15H23NO2. The first-order chi connectivity index (χ1) is 8.59. The number of nitrogens with zero attached hydrogens (tertiary/aromatic N) is 1. The van der Waals surface area contributed by atoms with Crippen LogP contribution < -0.4 is 0 Å². The lowest BCUT2D eigenvalue weighted by Crippen LogP contribution is -2.36. The van der Waals surface area contributed by atoms with Gasteiger partial charge in [0, 0.05) is 12.0 Å². The summed E-state index contributed by atoms with van der Waals surface area (Å²) in [5.74, 6) is 0.556. The molecular weight excluding hydrogens is 226 g/mol. The topological polar surface area (TPSA) is 43.7 Å². The van der Waals surface area contributed by atoms with Crippen molar-refractivity contribution in [2.24, 2.45) is 5.92 Å². The predicted molar refractivity (Wildman–Crippen MR) is 72.5 cm³/mol. The molecule has 0 heterocycles. The van der Waals surface area contributed by atoms with E-state index in [9.17, 15) is 10.2 Å². The fourth-order valence-corrected chi connectivity index (χ4v) is 3.15. The molecule has 1 aromatic rings. The summed E-state index contributed by atoms with van der Waals surface area (Å²) in [5, 5.41) is 19.9. The number of rotatable bonds is 3. The van der Waals surface area contributed by atoms with E-state index in [1.54, 1.807) is 6.07 Å². The Labute approximate surface area is 109 Å². The minimum Gasteiger partial charge on any atom is -0.508 e. The Kier molecular flexibility index (Phi) is 4.25. The fourth-order valence-electron chi connectivity index (χ4n) is 3.15.